The molecule has 3 heteroatoms. The van der Waals surface area contributed by atoms with Crippen molar-refractivity contribution in [3.05, 3.63) is 29.8 Å². The lowest BCUT2D eigenvalue weighted by atomic mass is 9.76. The second-order valence-corrected chi connectivity index (χ2v) is 3.92. The fourth-order valence-corrected chi connectivity index (χ4v) is 2.01. The molecule has 0 bridgehead atoms. The van der Waals surface area contributed by atoms with Crippen molar-refractivity contribution in [2.24, 2.45) is 5.73 Å². The van der Waals surface area contributed by atoms with Gasteiger partial charge in [0.25, 0.3) is 0 Å². The number of benzene rings is 1. The van der Waals surface area contributed by atoms with Crippen molar-refractivity contribution < 1.29 is 4.74 Å². The lowest BCUT2D eigenvalue weighted by Crippen LogP contribution is -2.33. The quantitative estimate of drug-likeness (QED) is 0.863. The van der Waals surface area contributed by atoms with E-state index in [4.69, 9.17) is 10.5 Å². The Morgan fingerprint density at radius 1 is 1.12 bits per heavy atom. The van der Waals surface area contributed by atoms with Crippen LogP contribution in [0, 0.1) is 0 Å². The minimum Gasteiger partial charge on any atom is -0.497 e. The first kappa shape index (κ1) is 15.3. The number of hydrogen-bond donors (Lipinski definition) is 1. The van der Waals surface area contributed by atoms with Crippen molar-refractivity contribution in [3.8, 4) is 5.75 Å². The molecule has 0 saturated carbocycles. The van der Waals surface area contributed by atoms with E-state index in [-0.39, 0.29) is 17.8 Å². The average Bonchev–Trinajstić information content (AvgIpc) is 2.33. The predicted octanol–water partition coefficient (Wildman–Crippen LogP) is 3.13. The van der Waals surface area contributed by atoms with Crippen molar-refractivity contribution in [1.82, 2.24) is 0 Å². The number of ether oxygens (including phenoxy) is 1. The molecule has 92 valence electrons. The fourth-order valence-electron chi connectivity index (χ4n) is 2.01. The predicted molar refractivity (Wildman–Crippen MR) is 71.6 cm³/mol. The maximum atomic E-state index is 5.90. The number of rotatable bonds is 5. The van der Waals surface area contributed by atoms with Gasteiger partial charge in [0.2, 0.25) is 0 Å². The molecule has 0 unspecified atom stereocenters. The maximum absolute atomic E-state index is 5.90. The molecule has 0 radical (unpaired) electrons. The van der Waals surface area contributed by atoms with Crippen LogP contribution in [0.3, 0.4) is 0 Å². The normalized spacial score (nSPS) is 10.8. The molecule has 0 amide bonds. The van der Waals surface area contributed by atoms with Gasteiger partial charge in [0, 0.05) is 12.0 Å². The Morgan fingerprint density at radius 2 is 1.62 bits per heavy atom. The van der Waals surface area contributed by atoms with Gasteiger partial charge in [0.15, 0.2) is 0 Å². The Balaban J connectivity index is 0.00000225. The van der Waals surface area contributed by atoms with Gasteiger partial charge in [0.05, 0.1) is 7.11 Å². The van der Waals surface area contributed by atoms with E-state index < -0.39 is 0 Å². The van der Waals surface area contributed by atoms with Crippen molar-refractivity contribution in [3.63, 3.8) is 0 Å². The van der Waals surface area contributed by atoms with Crippen LogP contribution in [-0.2, 0) is 5.41 Å². The average molecular weight is 244 g/mol. The molecule has 0 aliphatic heterocycles. The number of methoxy groups -OCH3 is 1. The molecule has 16 heavy (non-hydrogen) atoms. The molecule has 0 aliphatic carbocycles. The van der Waals surface area contributed by atoms with Crippen LogP contribution in [0.4, 0.5) is 0 Å². The van der Waals surface area contributed by atoms with E-state index in [1.165, 1.54) is 5.56 Å². The highest BCUT2D eigenvalue weighted by Gasteiger charge is 2.26. The van der Waals surface area contributed by atoms with Gasteiger partial charge in [0.1, 0.15) is 5.75 Å². The Labute approximate surface area is 105 Å². The Kier molecular flexibility index (Phi) is 6.46. The highest BCUT2D eigenvalue weighted by atomic mass is 35.5. The van der Waals surface area contributed by atoms with Crippen LogP contribution in [0.25, 0.3) is 0 Å². The van der Waals surface area contributed by atoms with Crippen molar-refractivity contribution in [2.45, 2.75) is 32.1 Å². The van der Waals surface area contributed by atoms with Gasteiger partial charge in [-0.15, -0.1) is 12.4 Å². The second-order valence-electron chi connectivity index (χ2n) is 3.92. The van der Waals surface area contributed by atoms with Gasteiger partial charge < -0.3 is 10.5 Å². The first-order valence-corrected chi connectivity index (χ1v) is 5.57. The third-order valence-corrected chi connectivity index (χ3v) is 3.45. The van der Waals surface area contributed by atoms with E-state index in [2.05, 4.69) is 26.0 Å². The van der Waals surface area contributed by atoms with Gasteiger partial charge in [-0.2, -0.15) is 0 Å². The summed E-state index contributed by atoms with van der Waals surface area (Å²) in [4.78, 5) is 0. The molecule has 1 aromatic rings. The summed E-state index contributed by atoms with van der Waals surface area (Å²) in [5, 5.41) is 0. The molecule has 0 aliphatic rings. The molecule has 0 saturated heterocycles. The van der Waals surface area contributed by atoms with Crippen LogP contribution in [0.1, 0.15) is 32.3 Å². The monoisotopic (exact) mass is 243 g/mol. The lowest BCUT2D eigenvalue weighted by Gasteiger charge is -2.30. The minimum absolute atomic E-state index is 0. The molecule has 0 heterocycles. The van der Waals surface area contributed by atoms with E-state index in [1.807, 2.05) is 12.1 Å². The molecule has 0 spiro atoms. The van der Waals surface area contributed by atoms with E-state index in [0.29, 0.717) is 6.54 Å². The maximum Gasteiger partial charge on any atom is 0.118 e. The third-order valence-electron chi connectivity index (χ3n) is 3.45. The molecule has 1 rings (SSSR count). The van der Waals surface area contributed by atoms with Crippen molar-refractivity contribution in [2.75, 3.05) is 13.7 Å². The van der Waals surface area contributed by atoms with Crippen LogP contribution in [0.5, 0.6) is 5.75 Å². The van der Waals surface area contributed by atoms with Crippen LogP contribution in [0.2, 0.25) is 0 Å². The highest BCUT2D eigenvalue weighted by Crippen LogP contribution is 2.31. The summed E-state index contributed by atoms with van der Waals surface area (Å²) in [6, 6.07) is 8.26. The van der Waals surface area contributed by atoms with Gasteiger partial charge in [-0.05, 0) is 30.5 Å². The highest BCUT2D eigenvalue weighted by molar-refractivity contribution is 5.85. The molecular weight excluding hydrogens is 222 g/mol. The van der Waals surface area contributed by atoms with E-state index in [9.17, 15) is 0 Å². The summed E-state index contributed by atoms with van der Waals surface area (Å²) in [7, 11) is 1.69. The second kappa shape index (κ2) is 6.77. The smallest absolute Gasteiger partial charge is 0.118 e. The SMILES string of the molecule is CCC(CC)(CN)c1ccc(OC)cc1.Cl. The fraction of sp³-hybridized carbons (Fsp3) is 0.538. The molecule has 0 atom stereocenters. The first-order valence-electron chi connectivity index (χ1n) is 5.57. The summed E-state index contributed by atoms with van der Waals surface area (Å²) in [5.74, 6) is 0.900. The van der Waals surface area contributed by atoms with Crippen LogP contribution < -0.4 is 10.5 Å². The first-order chi connectivity index (χ1) is 7.22. The van der Waals surface area contributed by atoms with E-state index >= 15 is 0 Å². The zero-order chi connectivity index (χ0) is 11.3. The Morgan fingerprint density at radius 3 is 1.94 bits per heavy atom. The van der Waals surface area contributed by atoms with Gasteiger partial charge >= 0.3 is 0 Å². The van der Waals surface area contributed by atoms with E-state index in [0.717, 1.165) is 18.6 Å². The summed E-state index contributed by atoms with van der Waals surface area (Å²) < 4.78 is 5.15. The van der Waals surface area contributed by atoms with Crippen molar-refractivity contribution in [1.29, 1.82) is 0 Å². The molecule has 0 fully saturated rings. The van der Waals surface area contributed by atoms with Crippen molar-refractivity contribution >= 4 is 12.4 Å². The molecule has 1 aromatic carbocycles. The number of halogens is 1. The standard InChI is InChI=1S/C13H21NO.ClH/c1-4-13(5-2,10-14)11-6-8-12(15-3)9-7-11;/h6-9H,4-5,10,14H2,1-3H3;1H. The minimum atomic E-state index is 0. The van der Waals surface area contributed by atoms with Gasteiger partial charge in [-0.1, -0.05) is 26.0 Å². The Bertz CT molecular complexity index is 285. The summed E-state index contributed by atoms with van der Waals surface area (Å²) in [6.45, 7) is 5.09. The molecule has 2 N–H and O–H groups in total. The van der Waals surface area contributed by atoms with Crippen LogP contribution >= 0.6 is 12.4 Å². The number of nitrogens with two attached hydrogens (primary N) is 1. The zero-order valence-electron chi connectivity index (χ0n) is 10.3. The lowest BCUT2D eigenvalue weighted by molar-refractivity contribution is 0.400. The zero-order valence-corrected chi connectivity index (χ0v) is 11.1. The van der Waals surface area contributed by atoms with Gasteiger partial charge in [-0.25, -0.2) is 0 Å². The molecule has 2 nitrogen and oxygen atoms in total. The number of hydrogen-bond acceptors (Lipinski definition) is 2. The van der Waals surface area contributed by atoms with Crippen LogP contribution in [-0.4, -0.2) is 13.7 Å². The summed E-state index contributed by atoms with van der Waals surface area (Å²) in [5.41, 5.74) is 7.35. The van der Waals surface area contributed by atoms with E-state index in [1.54, 1.807) is 7.11 Å². The third kappa shape index (κ3) is 2.89. The molecule has 0 aromatic heterocycles. The summed E-state index contributed by atoms with van der Waals surface area (Å²) >= 11 is 0. The molecular formula is C13H22ClNO. The topological polar surface area (TPSA) is 35.2 Å². The van der Waals surface area contributed by atoms with Crippen LogP contribution in [0.15, 0.2) is 24.3 Å². The Hall–Kier alpha value is -0.730. The summed E-state index contributed by atoms with van der Waals surface area (Å²) in [6.07, 6.45) is 2.15. The largest absolute Gasteiger partial charge is 0.497 e. The van der Waals surface area contributed by atoms with Gasteiger partial charge in [-0.3, -0.25) is 0 Å².